The first kappa shape index (κ1) is 11.7. The molecule has 1 aromatic rings. The molecular formula is C11H14ClN3S. The van der Waals surface area contributed by atoms with Crippen molar-refractivity contribution in [3.63, 3.8) is 0 Å². The summed E-state index contributed by atoms with van der Waals surface area (Å²) in [4.78, 5) is 2.26. The molecule has 16 heavy (non-hydrogen) atoms. The van der Waals surface area contributed by atoms with Crippen LogP contribution in [0.5, 0.6) is 0 Å². The Labute approximate surface area is 105 Å². The molecule has 0 bridgehead atoms. The van der Waals surface area contributed by atoms with E-state index in [9.17, 15) is 0 Å². The number of hydrogen-bond acceptors (Lipinski definition) is 4. The monoisotopic (exact) mass is 255 g/mol. The Balaban J connectivity index is 2.42. The molecule has 0 aromatic carbocycles. The van der Waals surface area contributed by atoms with Gasteiger partial charge in [0.05, 0.1) is 0 Å². The summed E-state index contributed by atoms with van der Waals surface area (Å²) in [5.74, 6) is 0.641. The van der Waals surface area contributed by atoms with Crippen LogP contribution in [-0.4, -0.2) is 16.5 Å². The Morgan fingerprint density at radius 3 is 2.81 bits per heavy atom. The first-order valence-corrected chi connectivity index (χ1v) is 6.44. The third kappa shape index (κ3) is 1.79. The van der Waals surface area contributed by atoms with Crippen LogP contribution in [0.25, 0.3) is 0 Å². The van der Waals surface area contributed by atoms with E-state index in [4.69, 9.17) is 16.9 Å². The van der Waals surface area contributed by atoms with Gasteiger partial charge in [0, 0.05) is 12.1 Å². The van der Waals surface area contributed by atoms with Gasteiger partial charge in [0.15, 0.2) is 5.15 Å². The van der Waals surface area contributed by atoms with Crippen LogP contribution < -0.4 is 4.90 Å². The highest BCUT2D eigenvalue weighted by atomic mass is 35.5. The van der Waals surface area contributed by atoms with E-state index < -0.39 is 0 Å². The standard InChI is InChI=1S/C11H14ClN3S/c1-7-4-11(2,3)15(6-7)10-8(5-13)9(12)14-16-10/h7H,4,6H2,1-3H3. The fourth-order valence-corrected chi connectivity index (χ4v) is 3.69. The van der Waals surface area contributed by atoms with E-state index in [0.29, 0.717) is 16.6 Å². The fourth-order valence-electron chi connectivity index (χ4n) is 2.49. The van der Waals surface area contributed by atoms with Crippen molar-refractivity contribution in [2.75, 3.05) is 11.4 Å². The van der Waals surface area contributed by atoms with Crippen LogP contribution in [0.4, 0.5) is 5.00 Å². The second kappa shape index (κ2) is 3.90. The summed E-state index contributed by atoms with van der Waals surface area (Å²) in [6, 6.07) is 2.15. The van der Waals surface area contributed by atoms with Crippen molar-refractivity contribution in [1.29, 1.82) is 5.26 Å². The zero-order valence-corrected chi connectivity index (χ0v) is 11.2. The zero-order chi connectivity index (χ0) is 11.9. The molecule has 1 aromatic heterocycles. The summed E-state index contributed by atoms with van der Waals surface area (Å²) in [7, 11) is 0. The minimum absolute atomic E-state index is 0.0842. The molecule has 1 aliphatic heterocycles. The van der Waals surface area contributed by atoms with Gasteiger partial charge in [-0.15, -0.1) is 0 Å². The van der Waals surface area contributed by atoms with E-state index in [1.807, 2.05) is 0 Å². The Morgan fingerprint density at radius 1 is 1.62 bits per heavy atom. The van der Waals surface area contributed by atoms with Crippen LogP contribution >= 0.6 is 23.1 Å². The first-order valence-electron chi connectivity index (χ1n) is 5.28. The number of aromatic nitrogens is 1. The molecule has 3 nitrogen and oxygen atoms in total. The highest BCUT2D eigenvalue weighted by Gasteiger charge is 2.38. The van der Waals surface area contributed by atoms with E-state index in [1.54, 1.807) is 0 Å². The van der Waals surface area contributed by atoms with E-state index >= 15 is 0 Å². The highest BCUT2D eigenvalue weighted by Crippen LogP contribution is 2.41. The van der Waals surface area contributed by atoms with E-state index in [2.05, 4.69) is 36.1 Å². The predicted octanol–water partition coefficient (Wildman–Crippen LogP) is 3.29. The number of nitriles is 1. The molecule has 0 radical (unpaired) electrons. The lowest BCUT2D eigenvalue weighted by molar-refractivity contribution is 0.489. The van der Waals surface area contributed by atoms with Crippen LogP contribution in [0.3, 0.4) is 0 Å². The second-order valence-electron chi connectivity index (χ2n) is 5.00. The molecular weight excluding hydrogens is 242 g/mol. The van der Waals surface area contributed by atoms with Gasteiger partial charge in [-0.3, -0.25) is 0 Å². The minimum atomic E-state index is 0.0842. The predicted molar refractivity (Wildman–Crippen MR) is 67.0 cm³/mol. The van der Waals surface area contributed by atoms with Crippen molar-refractivity contribution < 1.29 is 0 Å². The summed E-state index contributed by atoms with van der Waals surface area (Å²) in [6.45, 7) is 7.60. The summed E-state index contributed by atoms with van der Waals surface area (Å²) in [6.07, 6.45) is 1.13. The minimum Gasteiger partial charge on any atom is -0.356 e. The maximum Gasteiger partial charge on any atom is 0.162 e. The number of nitrogens with zero attached hydrogens (tertiary/aromatic N) is 3. The van der Waals surface area contributed by atoms with Crippen molar-refractivity contribution >= 4 is 28.1 Å². The molecule has 2 rings (SSSR count). The molecule has 1 saturated heterocycles. The van der Waals surface area contributed by atoms with Crippen LogP contribution in [0.1, 0.15) is 32.8 Å². The van der Waals surface area contributed by atoms with Crippen LogP contribution in [0, 0.1) is 17.2 Å². The summed E-state index contributed by atoms with van der Waals surface area (Å²) in [5.41, 5.74) is 0.606. The Bertz CT molecular complexity index is 447. The lowest BCUT2D eigenvalue weighted by atomic mass is 9.98. The van der Waals surface area contributed by atoms with E-state index in [0.717, 1.165) is 18.0 Å². The number of halogens is 1. The summed E-state index contributed by atoms with van der Waals surface area (Å²) in [5, 5.41) is 10.3. The molecule has 0 N–H and O–H groups in total. The van der Waals surface area contributed by atoms with Crippen molar-refractivity contribution in [1.82, 2.24) is 4.37 Å². The molecule has 5 heteroatoms. The normalized spacial score (nSPS) is 23.4. The third-order valence-electron chi connectivity index (χ3n) is 3.06. The Hall–Kier alpha value is -0.790. The molecule has 0 amide bonds. The van der Waals surface area contributed by atoms with Crippen LogP contribution in [-0.2, 0) is 0 Å². The molecule has 0 aliphatic carbocycles. The number of anilines is 1. The topological polar surface area (TPSA) is 39.9 Å². The molecule has 1 atom stereocenters. The first-order chi connectivity index (χ1) is 7.45. The average Bonchev–Trinajstić information content (AvgIpc) is 2.66. The van der Waals surface area contributed by atoms with Crippen molar-refractivity contribution in [2.45, 2.75) is 32.7 Å². The van der Waals surface area contributed by atoms with E-state index in [1.165, 1.54) is 11.5 Å². The number of rotatable bonds is 1. The lowest BCUT2D eigenvalue weighted by Crippen LogP contribution is -2.37. The van der Waals surface area contributed by atoms with Gasteiger partial charge in [0.1, 0.15) is 16.6 Å². The third-order valence-corrected chi connectivity index (χ3v) is 4.31. The average molecular weight is 256 g/mol. The SMILES string of the molecule is CC1CN(c2snc(Cl)c2C#N)C(C)(C)C1. The Kier molecular flexibility index (Phi) is 2.85. The number of hydrogen-bond donors (Lipinski definition) is 0. The van der Waals surface area contributed by atoms with Crippen LogP contribution in [0.2, 0.25) is 5.15 Å². The fraction of sp³-hybridized carbons (Fsp3) is 0.636. The molecule has 0 saturated carbocycles. The van der Waals surface area contributed by atoms with Gasteiger partial charge in [-0.1, -0.05) is 18.5 Å². The lowest BCUT2D eigenvalue weighted by Gasteiger charge is -2.32. The van der Waals surface area contributed by atoms with Gasteiger partial charge in [-0.05, 0) is 37.7 Å². The van der Waals surface area contributed by atoms with Gasteiger partial charge in [0.25, 0.3) is 0 Å². The van der Waals surface area contributed by atoms with Crippen molar-refractivity contribution in [2.24, 2.45) is 5.92 Å². The van der Waals surface area contributed by atoms with Gasteiger partial charge >= 0.3 is 0 Å². The highest BCUT2D eigenvalue weighted by molar-refractivity contribution is 7.10. The largest absolute Gasteiger partial charge is 0.356 e. The zero-order valence-electron chi connectivity index (χ0n) is 9.62. The molecule has 1 unspecified atom stereocenters. The van der Waals surface area contributed by atoms with Gasteiger partial charge < -0.3 is 4.90 Å². The molecule has 2 heterocycles. The quantitative estimate of drug-likeness (QED) is 0.773. The summed E-state index contributed by atoms with van der Waals surface area (Å²) >= 11 is 7.23. The maximum atomic E-state index is 9.09. The van der Waals surface area contributed by atoms with Crippen molar-refractivity contribution in [3.8, 4) is 6.07 Å². The summed E-state index contributed by atoms with van der Waals surface area (Å²) < 4.78 is 4.07. The van der Waals surface area contributed by atoms with Gasteiger partial charge in [0.2, 0.25) is 0 Å². The van der Waals surface area contributed by atoms with Crippen LogP contribution in [0.15, 0.2) is 0 Å². The molecule has 0 spiro atoms. The maximum absolute atomic E-state index is 9.09. The molecule has 86 valence electrons. The second-order valence-corrected chi connectivity index (χ2v) is 6.11. The molecule has 1 aliphatic rings. The Morgan fingerprint density at radius 2 is 2.31 bits per heavy atom. The van der Waals surface area contributed by atoms with Crippen molar-refractivity contribution in [3.05, 3.63) is 10.7 Å². The smallest absolute Gasteiger partial charge is 0.162 e. The van der Waals surface area contributed by atoms with E-state index in [-0.39, 0.29) is 5.54 Å². The van der Waals surface area contributed by atoms with Gasteiger partial charge in [-0.25, -0.2) is 0 Å². The molecule has 1 fully saturated rings. The van der Waals surface area contributed by atoms with Gasteiger partial charge in [-0.2, -0.15) is 9.64 Å².